The third kappa shape index (κ3) is 7.85. The van der Waals surface area contributed by atoms with Gasteiger partial charge in [0.05, 0.1) is 11.9 Å². The van der Waals surface area contributed by atoms with Crippen LogP contribution in [0.25, 0.3) is 0 Å². The summed E-state index contributed by atoms with van der Waals surface area (Å²) in [4.78, 5) is 27.7. The molecule has 1 atom stereocenters. The molecule has 33 heavy (non-hydrogen) atoms. The van der Waals surface area contributed by atoms with Gasteiger partial charge in [-0.25, -0.2) is 8.42 Å². The van der Waals surface area contributed by atoms with Gasteiger partial charge in [0.1, 0.15) is 12.6 Å². The van der Waals surface area contributed by atoms with Crippen LogP contribution in [0.1, 0.15) is 37.8 Å². The molecule has 0 aliphatic carbocycles. The molecular weight excluding hydrogens is 506 g/mol. The lowest BCUT2D eigenvalue weighted by Gasteiger charge is -2.31. The van der Waals surface area contributed by atoms with Gasteiger partial charge in [0.2, 0.25) is 21.8 Å². The van der Waals surface area contributed by atoms with E-state index >= 15 is 0 Å². The number of para-hydroxylation sites is 1. The highest BCUT2D eigenvalue weighted by molar-refractivity contribution is 9.10. The third-order valence-corrected chi connectivity index (χ3v) is 7.07. The molecule has 0 aliphatic heterocycles. The summed E-state index contributed by atoms with van der Waals surface area (Å²) in [6.45, 7) is 5.96. The van der Waals surface area contributed by atoms with Gasteiger partial charge in [0, 0.05) is 17.6 Å². The van der Waals surface area contributed by atoms with E-state index in [2.05, 4.69) is 21.2 Å². The lowest BCUT2D eigenvalue weighted by molar-refractivity contribution is -0.139. The Labute approximate surface area is 205 Å². The van der Waals surface area contributed by atoms with Crippen LogP contribution in [-0.4, -0.2) is 50.5 Å². The molecule has 2 rings (SSSR count). The number of hydrogen-bond acceptors (Lipinski definition) is 4. The minimum Gasteiger partial charge on any atom is -0.354 e. The Morgan fingerprint density at radius 1 is 1.09 bits per heavy atom. The van der Waals surface area contributed by atoms with Crippen LogP contribution in [0.4, 0.5) is 5.69 Å². The average Bonchev–Trinajstić information content (AvgIpc) is 2.76. The maximum absolute atomic E-state index is 13.5. The number of rotatable bonds is 11. The number of halogens is 1. The van der Waals surface area contributed by atoms with Crippen molar-refractivity contribution >= 4 is 43.5 Å². The smallest absolute Gasteiger partial charge is 0.244 e. The van der Waals surface area contributed by atoms with E-state index in [1.165, 1.54) is 4.90 Å². The van der Waals surface area contributed by atoms with Crippen LogP contribution in [0, 0.1) is 6.92 Å². The van der Waals surface area contributed by atoms with E-state index in [4.69, 9.17) is 0 Å². The number of anilines is 1. The second-order valence-electron chi connectivity index (χ2n) is 8.05. The molecule has 9 heteroatoms. The predicted molar refractivity (Wildman–Crippen MR) is 135 cm³/mol. The van der Waals surface area contributed by atoms with Crippen molar-refractivity contribution in [1.29, 1.82) is 0 Å². The topological polar surface area (TPSA) is 86.8 Å². The SMILES string of the molecule is CCCCNC(=O)C(C)N(Cc1ccc(C)cc1)C(=O)CN(c1ccccc1Br)S(C)(=O)=O. The molecule has 180 valence electrons. The number of carbonyl (C=O) groups excluding carboxylic acids is 2. The summed E-state index contributed by atoms with van der Waals surface area (Å²) in [5, 5.41) is 2.87. The van der Waals surface area contributed by atoms with Gasteiger partial charge in [-0.1, -0.05) is 55.3 Å². The molecule has 7 nitrogen and oxygen atoms in total. The van der Waals surface area contributed by atoms with Crippen molar-refractivity contribution in [2.45, 2.75) is 46.2 Å². The number of nitrogens with one attached hydrogen (secondary N) is 1. The Balaban J connectivity index is 2.34. The van der Waals surface area contributed by atoms with Gasteiger partial charge in [-0.05, 0) is 53.9 Å². The van der Waals surface area contributed by atoms with E-state index in [1.54, 1.807) is 31.2 Å². The van der Waals surface area contributed by atoms with Crippen molar-refractivity contribution in [2.24, 2.45) is 0 Å². The molecule has 0 aromatic heterocycles. The molecule has 2 amide bonds. The number of nitrogens with zero attached hydrogens (tertiary/aromatic N) is 2. The molecular formula is C24H32BrN3O4S. The minimum absolute atomic E-state index is 0.190. The van der Waals surface area contributed by atoms with Crippen molar-refractivity contribution in [3.8, 4) is 0 Å². The highest BCUT2D eigenvalue weighted by Gasteiger charge is 2.30. The maximum Gasteiger partial charge on any atom is 0.244 e. The first-order chi connectivity index (χ1) is 15.5. The number of amides is 2. The van der Waals surface area contributed by atoms with E-state index in [1.807, 2.05) is 38.1 Å². The lowest BCUT2D eigenvalue weighted by Crippen LogP contribution is -2.51. The molecule has 0 bridgehead atoms. The molecule has 0 fully saturated rings. The molecule has 0 radical (unpaired) electrons. The summed E-state index contributed by atoms with van der Waals surface area (Å²) >= 11 is 3.37. The van der Waals surface area contributed by atoms with Crippen LogP contribution >= 0.6 is 15.9 Å². The first-order valence-corrected chi connectivity index (χ1v) is 13.5. The van der Waals surface area contributed by atoms with Crippen molar-refractivity contribution in [2.75, 3.05) is 23.7 Å². The van der Waals surface area contributed by atoms with Gasteiger partial charge in [-0.3, -0.25) is 13.9 Å². The van der Waals surface area contributed by atoms with Crippen molar-refractivity contribution < 1.29 is 18.0 Å². The van der Waals surface area contributed by atoms with Crippen molar-refractivity contribution in [3.05, 3.63) is 64.1 Å². The van der Waals surface area contributed by atoms with E-state index in [9.17, 15) is 18.0 Å². The standard InChI is InChI=1S/C24H32BrN3O4S/c1-5-6-15-26-24(30)19(3)27(16-20-13-11-18(2)12-14-20)23(29)17-28(33(4,31)32)22-10-8-7-9-21(22)25/h7-14,19H,5-6,15-17H2,1-4H3,(H,26,30). The number of hydrogen-bond donors (Lipinski definition) is 1. The predicted octanol–water partition coefficient (Wildman–Crippen LogP) is 3.86. The zero-order chi connectivity index (χ0) is 24.6. The molecule has 0 spiro atoms. The first-order valence-electron chi connectivity index (χ1n) is 10.9. The van der Waals surface area contributed by atoms with Crippen LogP contribution < -0.4 is 9.62 Å². The summed E-state index contributed by atoms with van der Waals surface area (Å²) in [6, 6.07) is 13.7. The normalized spacial score (nSPS) is 12.2. The minimum atomic E-state index is -3.76. The zero-order valence-corrected chi connectivity index (χ0v) is 21.9. The van der Waals surface area contributed by atoms with E-state index in [0.29, 0.717) is 16.7 Å². The third-order valence-electron chi connectivity index (χ3n) is 5.27. The number of unbranched alkanes of at least 4 members (excludes halogenated alkanes) is 1. The van der Waals surface area contributed by atoms with Crippen LogP contribution in [0.15, 0.2) is 53.0 Å². The summed E-state index contributed by atoms with van der Waals surface area (Å²) in [5.41, 5.74) is 2.30. The number of aryl methyl sites for hydroxylation is 1. The quantitative estimate of drug-likeness (QED) is 0.441. The summed E-state index contributed by atoms with van der Waals surface area (Å²) in [7, 11) is -3.76. The van der Waals surface area contributed by atoms with Crippen LogP contribution in [0.3, 0.4) is 0 Å². The molecule has 1 N–H and O–H groups in total. The molecule has 0 heterocycles. The molecule has 2 aromatic rings. The van der Waals surface area contributed by atoms with Crippen LogP contribution in [0.5, 0.6) is 0 Å². The number of benzene rings is 2. The lowest BCUT2D eigenvalue weighted by atomic mass is 10.1. The number of sulfonamides is 1. The van der Waals surface area contributed by atoms with Gasteiger partial charge in [-0.15, -0.1) is 0 Å². The van der Waals surface area contributed by atoms with E-state index in [-0.39, 0.29) is 12.5 Å². The Morgan fingerprint density at radius 2 is 1.73 bits per heavy atom. The summed E-state index contributed by atoms with van der Waals surface area (Å²) in [5.74, 6) is -0.731. The summed E-state index contributed by atoms with van der Waals surface area (Å²) in [6.07, 6.45) is 2.84. The highest BCUT2D eigenvalue weighted by atomic mass is 79.9. The maximum atomic E-state index is 13.5. The van der Waals surface area contributed by atoms with Gasteiger partial charge >= 0.3 is 0 Å². The second-order valence-corrected chi connectivity index (χ2v) is 10.8. The Bertz CT molecular complexity index is 1060. The fourth-order valence-electron chi connectivity index (χ4n) is 3.26. The molecule has 2 aromatic carbocycles. The fraction of sp³-hybridized carbons (Fsp3) is 0.417. The first kappa shape index (κ1) is 26.9. The van der Waals surface area contributed by atoms with Crippen molar-refractivity contribution in [3.63, 3.8) is 0 Å². The monoisotopic (exact) mass is 537 g/mol. The van der Waals surface area contributed by atoms with E-state index in [0.717, 1.165) is 34.5 Å². The second kappa shape index (κ2) is 12.2. The van der Waals surface area contributed by atoms with Crippen molar-refractivity contribution in [1.82, 2.24) is 10.2 Å². The Hall–Kier alpha value is -2.39. The van der Waals surface area contributed by atoms with E-state index < -0.39 is 28.5 Å². The Kier molecular flexibility index (Phi) is 9.91. The summed E-state index contributed by atoms with van der Waals surface area (Å²) < 4.78 is 26.8. The molecule has 0 saturated carbocycles. The van der Waals surface area contributed by atoms with Gasteiger partial charge in [0.15, 0.2) is 0 Å². The number of carbonyl (C=O) groups is 2. The molecule has 1 unspecified atom stereocenters. The van der Waals surface area contributed by atoms with Gasteiger partial charge < -0.3 is 10.2 Å². The van der Waals surface area contributed by atoms with Crippen LogP contribution in [0.2, 0.25) is 0 Å². The van der Waals surface area contributed by atoms with Gasteiger partial charge in [0.25, 0.3) is 0 Å². The largest absolute Gasteiger partial charge is 0.354 e. The Morgan fingerprint density at radius 3 is 2.30 bits per heavy atom. The highest BCUT2D eigenvalue weighted by Crippen LogP contribution is 2.28. The molecule has 0 saturated heterocycles. The fourth-order valence-corrected chi connectivity index (χ4v) is 4.74. The molecule has 0 aliphatic rings. The average molecular weight is 539 g/mol. The zero-order valence-electron chi connectivity index (χ0n) is 19.5. The van der Waals surface area contributed by atoms with Crippen LogP contribution in [-0.2, 0) is 26.2 Å². The van der Waals surface area contributed by atoms with Gasteiger partial charge in [-0.2, -0.15) is 0 Å².